The molecule has 1 amide bonds. The number of rotatable bonds is 5. The normalized spacial score (nSPS) is 12.3. The minimum Gasteiger partial charge on any atom is -0.323 e. The van der Waals surface area contributed by atoms with E-state index in [0.717, 1.165) is 40.5 Å². The lowest BCUT2D eigenvalue weighted by Gasteiger charge is -2.15. The maximum atomic E-state index is 12.0. The summed E-state index contributed by atoms with van der Waals surface area (Å²) in [6.45, 7) is 6.09. The number of nitrogens with one attached hydrogen (secondary N) is 1. The second kappa shape index (κ2) is 6.90. The van der Waals surface area contributed by atoms with E-state index in [2.05, 4.69) is 28.2 Å². The standard InChI is InChI=1S/C14H21BrN2O/c1-4-5-6-12(16)14(18)17-13-10(3)7-9(2)8-11(13)15/h7-8,12H,4-6,16H2,1-3H3,(H,17,18)/t12-/m0/s1. The van der Waals surface area contributed by atoms with Crippen LogP contribution in [0.2, 0.25) is 0 Å². The Labute approximate surface area is 117 Å². The van der Waals surface area contributed by atoms with Gasteiger partial charge in [-0.1, -0.05) is 25.8 Å². The van der Waals surface area contributed by atoms with Crippen molar-refractivity contribution in [2.24, 2.45) is 5.73 Å². The lowest BCUT2D eigenvalue weighted by atomic mass is 10.1. The molecule has 0 aliphatic carbocycles. The highest BCUT2D eigenvalue weighted by Gasteiger charge is 2.15. The summed E-state index contributed by atoms with van der Waals surface area (Å²) in [4.78, 5) is 12.0. The monoisotopic (exact) mass is 312 g/mol. The van der Waals surface area contributed by atoms with E-state index in [1.54, 1.807) is 0 Å². The molecular formula is C14H21BrN2O. The summed E-state index contributed by atoms with van der Waals surface area (Å²) in [7, 11) is 0. The molecule has 0 spiro atoms. The molecule has 0 saturated carbocycles. The number of nitrogens with two attached hydrogens (primary N) is 1. The molecule has 0 saturated heterocycles. The highest BCUT2D eigenvalue weighted by Crippen LogP contribution is 2.27. The maximum Gasteiger partial charge on any atom is 0.241 e. The van der Waals surface area contributed by atoms with Crippen LogP contribution in [-0.4, -0.2) is 11.9 Å². The molecule has 0 unspecified atom stereocenters. The summed E-state index contributed by atoms with van der Waals surface area (Å²) in [5, 5.41) is 2.90. The third kappa shape index (κ3) is 4.10. The Hall–Kier alpha value is -0.870. The van der Waals surface area contributed by atoms with E-state index < -0.39 is 6.04 Å². The largest absolute Gasteiger partial charge is 0.323 e. The number of anilines is 1. The van der Waals surface area contributed by atoms with Crippen molar-refractivity contribution in [1.29, 1.82) is 0 Å². The number of aryl methyl sites for hydroxylation is 2. The first-order chi connectivity index (χ1) is 8.45. The van der Waals surface area contributed by atoms with Gasteiger partial charge in [-0.15, -0.1) is 0 Å². The predicted octanol–water partition coefficient (Wildman–Crippen LogP) is 3.52. The molecule has 1 aromatic rings. The van der Waals surface area contributed by atoms with Crippen molar-refractivity contribution >= 4 is 27.5 Å². The number of halogens is 1. The van der Waals surface area contributed by atoms with E-state index in [0.29, 0.717) is 0 Å². The fraction of sp³-hybridized carbons (Fsp3) is 0.500. The fourth-order valence-electron chi connectivity index (χ4n) is 1.85. The minimum atomic E-state index is -0.433. The van der Waals surface area contributed by atoms with E-state index in [1.807, 2.05) is 26.0 Å². The van der Waals surface area contributed by atoms with E-state index in [9.17, 15) is 4.79 Å². The molecule has 1 aromatic carbocycles. The summed E-state index contributed by atoms with van der Waals surface area (Å²) < 4.78 is 0.899. The van der Waals surface area contributed by atoms with Crippen LogP contribution in [0.25, 0.3) is 0 Å². The Morgan fingerprint density at radius 1 is 1.44 bits per heavy atom. The molecule has 0 fully saturated rings. The van der Waals surface area contributed by atoms with E-state index in [-0.39, 0.29) is 5.91 Å². The highest BCUT2D eigenvalue weighted by atomic mass is 79.9. The first-order valence-corrected chi connectivity index (χ1v) is 7.08. The van der Waals surface area contributed by atoms with Gasteiger partial charge in [0, 0.05) is 4.47 Å². The minimum absolute atomic E-state index is 0.115. The molecular weight excluding hydrogens is 292 g/mol. The van der Waals surface area contributed by atoms with Crippen LogP contribution in [0.3, 0.4) is 0 Å². The lowest BCUT2D eigenvalue weighted by Crippen LogP contribution is -2.35. The van der Waals surface area contributed by atoms with Gasteiger partial charge in [0.05, 0.1) is 11.7 Å². The first-order valence-electron chi connectivity index (χ1n) is 6.29. The Balaban J connectivity index is 2.76. The number of carbonyl (C=O) groups is 1. The van der Waals surface area contributed by atoms with Crippen molar-refractivity contribution in [3.8, 4) is 0 Å². The van der Waals surface area contributed by atoms with E-state index in [1.165, 1.54) is 0 Å². The van der Waals surface area contributed by atoms with Gasteiger partial charge >= 0.3 is 0 Å². The van der Waals surface area contributed by atoms with Crippen molar-refractivity contribution in [3.63, 3.8) is 0 Å². The summed E-state index contributed by atoms with van der Waals surface area (Å²) in [5.74, 6) is -0.115. The number of amides is 1. The molecule has 3 N–H and O–H groups in total. The molecule has 1 rings (SSSR count). The number of hydrogen-bond donors (Lipinski definition) is 2. The predicted molar refractivity (Wildman–Crippen MR) is 79.7 cm³/mol. The molecule has 1 atom stereocenters. The smallest absolute Gasteiger partial charge is 0.241 e. The molecule has 0 bridgehead atoms. The van der Waals surface area contributed by atoms with Gasteiger partial charge in [0.25, 0.3) is 0 Å². The Morgan fingerprint density at radius 3 is 2.67 bits per heavy atom. The Kier molecular flexibility index (Phi) is 5.82. The van der Waals surface area contributed by atoms with Gasteiger partial charge in [0.1, 0.15) is 0 Å². The maximum absolute atomic E-state index is 12.0. The molecule has 0 aliphatic heterocycles. The summed E-state index contributed by atoms with van der Waals surface area (Å²) in [6.07, 6.45) is 2.75. The fourth-order valence-corrected chi connectivity index (χ4v) is 2.62. The van der Waals surface area contributed by atoms with Crippen LogP contribution in [0.1, 0.15) is 37.3 Å². The van der Waals surface area contributed by atoms with Crippen LogP contribution in [0.4, 0.5) is 5.69 Å². The summed E-state index contributed by atoms with van der Waals surface area (Å²) in [6, 6.07) is 3.59. The van der Waals surface area contributed by atoms with Gasteiger partial charge in [-0.25, -0.2) is 0 Å². The van der Waals surface area contributed by atoms with Crippen molar-refractivity contribution < 1.29 is 4.79 Å². The summed E-state index contributed by atoms with van der Waals surface area (Å²) in [5.41, 5.74) is 8.87. The summed E-state index contributed by atoms with van der Waals surface area (Å²) >= 11 is 3.47. The van der Waals surface area contributed by atoms with Crippen molar-refractivity contribution in [2.45, 2.75) is 46.1 Å². The van der Waals surface area contributed by atoms with Gasteiger partial charge < -0.3 is 11.1 Å². The first kappa shape index (κ1) is 15.2. The van der Waals surface area contributed by atoms with Crippen LogP contribution in [0, 0.1) is 13.8 Å². The molecule has 100 valence electrons. The van der Waals surface area contributed by atoms with Gasteiger partial charge in [0.15, 0.2) is 0 Å². The molecule has 0 aliphatic rings. The topological polar surface area (TPSA) is 55.1 Å². The third-order valence-corrected chi connectivity index (χ3v) is 3.51. The number of hydrogen-bond acceptors (Lipinski definition) is 2. The van der Waals surface area contributed by atoms with Crippen LogP contribution < -0.4 is 11.1 Å². The lowest BCUT2D eigenvalue weighted by molar-refractivity contribution is -0.117. The van der Waals surface area contributed by atoms with Crippen LogP contribution in [-0.2, 0) is 4.79 Å². The molecule has 0 heterocycles. The quantitative estimate of drug-likeness (QED) is 0.874. The zero-order valence-corrected chi connectivity index (χ0v) is 12.8. The van der Waals surface area contributed by atoms with Crippen molar-refractivity contribution in [3.05, 3.63) is 27.7 Å². The third-order valence-electron chi connectivity index (χ3n) is 2.89. The van der Waals surface area contributed by atoms with Gasteiger partial charge in [0.2, 0.25) is 5.91 Å². The molecule has 0 aromatic heterocycles. The average Bonchev–Trinajstić information content (AvgIpc) is 2.30. The Morgan fingerprint density at radius 2 is 2.11 bits per heavy atom. The van der Waals surface area contributed by atoms with Gasteiger partial charge in [-0.3, -0.25) is 4.79 Å². The van der Waals surface area contributed by atoms with Crippen LogP contribution in [0.5, 0.6) is 0 Å². The number of carbonyl (C=O) groups excluding carboxylic acids is 1. The molecule has 3 nitrogen and oxygen atoms in total. The van der Waals surface area contributed by atoms with Crippen molar-refractivity contribution in [1.82, 2.24) is 0 Å². The number of benzene rings is 1. The molecule has 0 radical (unpaired) electrons. The second-order valence-corrected chi connectivity index (χ2v) is 5.53. The average molecular weight is 313 g/mol. The van der Waals surface area contributed by atoms with Crippen LogP contribution >= 0.6 is 15.9 Å². The second-order valence-electron chi connectivity index (χ2n) is 4.68. The van der Waals surface area contributed by atoms with Gasteiger partial charge in [-0.05, 0) is 53.4 Å². The SMILES string of the molecule is CCCC[C@H](N)C(=O)Nc1c(C)cc(C)cc1Br. The van der Waals surface area contributed by atoms with Gasteiger partial charge in [-0.2, -0.15) is 0 Å². The Bertz CT molecular complexity index is 409. The molecule has 4 heteroatoms. The zero-order valence-electron chi connectivity index (χ0n) is 11.2. The molecule has 18 heavy (non-hydrogen) atoms. The van der Waals surface area contributed by atoms with Crippen molar-refractivity contribution in [2.75, 3.05) is 5.32 Å². The van der Waals surface area contributed by atoms with E-state index >= 15 is 0 Å². The van der Waals surface area contributed by atoms with Crippen LogP contribution in [0.15, 0.2) is 16.6 Å². The van der Waals surface area contributed by atoms with E-state index in [4.69, 9.17) is 5.73 Å². The zero-order chi connectivity index (χ0) is 13.7. The number of unbranched alkanes of at least 4 members (excludes halogenated alkanes) is 1. The highest BCUT2D eigenvalue weighted by molar-refractivity contribution is 9.10.